The molecule has 0 aliphatic rings. The van der Waals surface area contributed by atoms with E-state index in [1.54, 1.807) is 6.33 Å². The van der Waals surface area contributed by atoms with E-state index in [0.717, 1.165) is 31.8 Å². The van der Waals surface area contributed by atoms with E-state index in [-0.39, 0.29) is 0 Å². The first-order chi connectivity index (χ1) is 8.17. The van der Waals surface area contributed by atoms with E-state index >= 15 is 0 Å². The highest BCUT2D eigenvalue weighted by Crippen LogP contribution is 2.10. The first kappa shape index (κ1) is 14.2. The number of hydrogen-bond acceptors (Lipinski definition) is 3. The Morgan fingerprint density at radius 2 is 2.12 bits per heavy atom. The molecule has 17 heavy (non-hydrogen) atoms. The Balaban J connectivity index is 2.51. The number of nitrogens with one attached hydrogen (secondary N) is 1. The molecule has 1 aromatic rings. The van der Waals surface area contributed by atoms with Gasteiger partial charge in [-0.05, 0) is 18.9 Å². The Morgan fingerprint density at radius 3 is 2.71 bits per heavy atom. The lowest BCUT2D eigenvalue weighted by Gasteiger charge is -2.17. The fourth-order valence-corrected chi connectivity index (χ4v) is 1.87. The highest BCUT2D eigenvalue weighted by atomic mass is 15.3. The largest absolute Gasteiger partial charge is 0.314 e. The van der Waals surface area contributed by atoms with Crippen molar-refractivity contribution in [1.82, 2.24) is 20.1 Å². The first-order valence-corrected chi connectivity index (χ1v) is 6.77. The van der Waals surface area contributed by atoms with Gasteiger partial charge in [-0.15, -0.1) is 0 Å². The highest BCUT2D eigenvalue weighted by Gasteiger charge is 2.12. The maximum absolute atomic E-state index is 4.37. The van der Waals surface area contributed by atoms with E-state index in [1.165, 1.54) is 6.42 Å². The minimum absolute atomic E-state index is 0.553. The monoisotopic (exact) mass is 238 g/mol. The smallest absolute Gasteiger partial charge is 0.138 e. The van der Waals surface area contributed by atoms with Crippen LogP contribution in [0.1, 0.15) is 46.4 Å². The van der Waals surface area contributed by atoms with Gasteiger partial charge in [0.1, 0.15) is 12.2 Å². The molecule has 1 aromatic heterocycles. The van der Waals surface area contributed by atoms with Crippen molar-refractivity contribution in [1.29, 1.82) is 0 Å². The lowest BCUT2D eigenvalue weighted by atomic mass is 10.0. The molecule has 98 valence electrons. The number of rotatable bonds is 8. The summed E-state index contributed by atoms with van der Waals surface area (Å²) < 4.78 is 2.04. The molecule has 1 N–H and O–H groups in total. The van der Waals surface area contributed by atoms with Crippen molar-refractivity contribution in [2.45, 2.75) is 59.5 Å². The van der Waals surface area contributed by atoms with E-state index in [9.17, 15) is 0 Å². The van der Waals surface area contributed by atoms with Gasteiger partial charge in [0.2, 0.25) is 0 Å². The lowest BCUT2D eigenvalue weighted by Crippen LogP contribution is -2.30. The molecule has 0 bridgehead atoms. The second-order valence-electron chi connectivity index (χ2n) is 4.94. The molecule has 0 aliphatic carbocycles. The van der Waals surface area contributed by atoms with Crippen LogP contribution in [0.15, 0.2) is 6.33 Å². The third-order valence-corrected chi connectivity index (χ3v) is 2.99. The van der Waals surface area contributed by atoms with Gasteiger partial charge in [-0.3, -0.25) is 4.68 Å². The zero-order valence-corrected chi connectivity index (χ0v) is 11.6. The Bertz CT molecular complexity index is 306. The zero-order chi connectivity index (χ0) is 12.7. The van der Waals surface area contributed by atoms with Crippen molar-refractivity contribution in [3.8, 4) is 0 Å². The summed E-state index contributed by atoms with van der Waals surface area (Å²) in [6.07, 6.45) is 4.99. The Kier molecular flexibility index (Phi) is 6.19. The van der Waals surface area contributed by atoms with Crippen LogP contribution in [0.4, 0.5) is 0 Å². The minimum atomic E-state index is 0.553. The zero-order valence-electron chi connectivity index (χ0n) is 11.6. The summed E-state index contributed by atoms with van der Waals surface area (Å²) in [6, 6.07) is 0.553. The minimum Gasteiger partial charge on any atom is -0.314 e. The molecule has 0 radical (unpaired) electrons. The number of aryl methyl sites for hydroxylation is 1. The Morgan fingerprint density at radius 1 is 1.35 bits per heavy atom. The van der Waals surface area contributed by atoms with Crippen LogP contribution in [0.2, 0.25) is 0 Å². The van der Waals surface area contributed by atoms with Gasteiger partial charge >= 0.3 is 0 Å². The summed E-state index contributed by atoms with van der Waals surface area (Å²) in [6.45, 7) is 10.8. The van der Waals surface area contributed by atoms with Gasteiger partial charge in [0.25, 0.3) is 0 Å². The van der Waals surface area contributed by atoms with E-state index < -0.39 is 0 Å². The molecule has 0 spiro atoms. The van der Waals surface area contributed by atoms with E-state index in [1.807, 2.05) is 4.68 Å². The molecule has 1 rings (SSSR count). The SMILES string of the molecule is CCCn1ncnc1CC(CC)CNC(C)C. The summed E-state index contributed by atoms with van der Waals surface area (Å²) in [5, 5.41) is 7.78. The molecule has 1 heterocycles. The molecule has 0 aliphatic heterocycles. The van der Waals surface area contributed by atoms with Crippen LogP contribution in [-0.2, 0) is 13.0 Å². The Labute approximate surface area is 105 Å². The van der Waals surface area contributed by atoms with Gasteiger partial charge in [-0.25, -0.2) is 4.98 Å². The van der Waals surface area contributed by atoms with Crippen LogP contribution in [-0.4, -0.2) is 27.4 Å². The third-order valence-electron chi connectivity index (χ3n) is 2.99. The molecule has 4 nitrogen and oxygen atoms in total. The van der Waals surface area contributed by atoms with Crippen LogP contribution in [0.5, 0.6) is 0 Å². The standard InChI is InChI=1S/C13H26N4/c1-5-7-17-13(15-10-16-17)8-12(6-2)9-14-11(3)4/h10-12,14H,5-9H2,1-4H3. The van der Waals surface area contributed by atoms with Crippen molar-refractivity contribution < 1.29 is 0 Å². The molecule has 1 atom stereocenters. The molecule has 4 heteroatoms. The van der Waals surface area contributed by atoms with Gasteiger partial charge < -0.3 is 5.32 Å². The summed E-state index contributed by atoms with van der Waals surface area (Å²) in [4.78, 5) is 4.37. The van der Waals surface area contributed by atoms with Crippen molar-refractivity contribution in [3.05, 3.63) is 12.2 Å². The quantitative estimate of drug-likeness (QED) is 0.755. The van der Waals surface area contributed by atoms with Gasteiger partial charge in [0.05, 0.1) is 0 Å². The van der Waals surface area contributed by atoms with Crippen molar-refractivity contribution in [2.75, 3.05) is 6.54 Å². The highest BCUT2D eigenvalue weighted by molar-refractivity contribution is 4.87. The first-order valence-electron chi connectivity index (χ1n) is 6.77. The maximum atomic E-state index is 4.37. The average Bonchev–Trinajstić information content (AvgIpc) is 2.72. The maximum Gasteiger partial charge on any atom is 0.138 e. The fraction of sp³-hybridized carbons (Fsp3) is 0.846. The molecule has 1 unspecified atom stereocenters. The summed E-state index contributed by atoms with van der Waals surface area (Å²) in [7, 11) is 0. The fourth-order valence-electron chi connectivity index (χ4n) is 1.87. The van der Waals surface area contributed by atoms with Gasteiger partial charge in [0.15, 0.2) is 0 Å². The van der Waals surface area contributed by atoms with Crippen molar-refractivity contribution in [3.63, 3.8) is 0 Å². The molecular weight excluding hydrogens is 212 g/mol. The second kappa shape index (κ2) is 7.43. The molecule has 0 amide bonds. The summed E-state index contributed by atoms with van der Waals surface area (Å²) >= 11 is 0. The van der Waals surface area contributed by atoms with Crippen molar-refractivity contribution >= 4 is 0 Å². The lowest BCUT2D eigenvalue weighted by molar-refractivity contribution is 0.417. The normalized spacial score (nSPS) is 13.2. The third kappa shape index (κ3) is 4.86. The number of nitrogens with zero attached hydrogens (tertiary/aromatic N) is 3. The molecule has 0 saturated heterocycles. The van der Waals surface area contributed by atoms with Crippen LogP contribution >= 0.6 is 0 Å². The predicted molar refractivity (Wildman–Crippen MR) is 70.9 cm³/mol. The number of aromatic nitrogens is 3. The van der Waals surface area contributed by atoms with Crippen LogP contribution in [0.3, 0.4) is 0 Å². The van der Waals surface area contributed by atoms with E-state index in [0.29, 0.717) is 12.0 Å². The Hall–Kier alpha value is -0.900. The summed E-state index contributed by atoms with van der Waals surface area (Å²) in [5.41, 5.74) is 0. The van der Waals surface area contributed by atoms with Crippen LogP contribution in [0.25, 0.3) is 0 Å². The molecule has 0 saturated carbocycles. The molecule has 0 aromatic carbocycles. The summed E-state index contributed by atoms with van der Waals surface area (Å²) in [5.74, 6) is 1.78. The van der Waals surface area contributed by atoms with E-state index in [2.05, 4.69) is 43.1 Å². The van der Waals surface area contributed by atoms with Gasteiger partial charge in [0, 0.05) is 19.0 Å². The molecule has 0 fully saturated rings. The predicted octanol–water partition coefficient (Wildman–Crippen LogP) is 2.25. The van der Waals surface area contributed by atoms with Gasteiger partial charge in [-0.2, -0.15) is 5.10 Å². The van der Waals surface area contributed by atoms with Crippen LogP contribution in [0, 0.1) is 5.92 Å². The molecular formula is C13H26N4. The van der Waals surface area contributed by atoms with Crippen molar-refractivity contribution in [2.24, 2.45) is 5.92 Å². The second-order valence-corrected chi connectivity index (χ2v) is 4.94. The average molecular weight is 238 g/mol. The topological polar surface area (TPSA) is 42.7 Å². The number of hydrogen-bond donors (Lipinski definition) is 1. The van der Waals surface area contributed by atoms with E-state index in [4.69, 9.17) is 0 Å². The van der Waals surface area contributed by atoms with Gasteiger partial charge in [-0.1, -0.05) is 34.1 Å². The van der Waals surface area contributed by atoms with Crippen LogP contribution < -0.4 is 5.32 Å².